The molecule has 1 unspecified atom stereocenters. The molecular weight excluding hydrogens is 411 g/mol. The van der Waals surface area contributed by atoms with Gasteiger partial charge in [0.1, 0.15) is 11.4 Å². The monoisotopic (exact) mass is 434 g/mol. The number of halogens is 1. The number of carbonyl (C=O) groups is 1. The van der Waals surface area contributed by atoms with Gasteiger partial charge in [-0.05, 0) is 31.0 Å². The van der Waals surface area contributed by atoms with E-state index in [4.69, 9.17) is 15.9 Å². The largest absolute Gasteiger partial charge is 0.438 e. The smallest absolute Gasteiger partial charge is 0.252 e. The first-order chi connectivity index (χ1) is 15.5. The zero-order chi connectivity index (χ0) is 22.2. The molecule has 1 aromatic carbocycles. The molecule has 4 aromatic rings. The minimum absolute atomic E-state index is 0.0302. The highest BCUT2D eigenvalue weighted by Crippen LogP contribution is 2.31. The van der Waals surface area contributed by atoms with Gasteiger partial charge in [-0.15, -0.1) is 0 Å². The fourth-order valence-electron chi connectivity index (χ4n) is 4.20. The van der Waals surface area contributed by atoms with E-state index in [1.54, 1.807) is 6.20 Å². The van der Waals surface area contributed by atoms with Gasteiger partial charge in [0, 0.05) is 17.5 Å². The molecule has 0 saturated heterocycles. The summed E-state index contributed by atoms with van der Waals surface area (Å²) in [4.78, 5) is 20.7. The van der Waals surface area contributed by atoms with Crippen molar-refractivity contribution in [2.45, 2.75) is 37.8 Å². The van der Waals surface area contributed by atoms with E-state index in [2.05, 4.69) is 20.6 Å². The summed E-state index contributed by atoms with van der Waals surface area (Å²) in [7, 11) is 0. The van der Waals surface area contributed by atoms with Crippen molar-refractivity contribution in [3.63, 3.8) is 0 Å². The number of hydrogen-bond donors (Lipinski definition) is 4. The Hall–Kier alpha value is -3.72. The van der Waals surface area contributed by atoms with Crippen molar-refractivity contribution in [1.82, 2.24) is 9.97 Å². The van der Waals surface area contributed by atoms with E-state index >= 15 is 0 Å². The molecule has 0 radical (unpaired) electrons. The lowest BCUT2D eigenvalue weighted by Gasteiger charge is -2.30. The first-order valence-corrected chi connectivity index (χ1v) is 10.6. The third kappa shape index (κ3) is 3.71. The maximum Gasteiger partial charge on any atom is 0.252 e. The van der Waals surface area contributed by atoms with Gasteiger partial charge in [0.15, 0.2) is 11.6 Å². The minimum Gasteiger partial charge on any atom is -0.438 e. The summed E-state index contributed by atoms with van der Waals surface area (Å²) in [6, 6.07) is 10.4. The molecule has 3 aromatic heterocycles. The second-order valence-electron chi connectivity index (χ2n) is 8.08. The molecule has 2 atom stereocenters. The molecule has 1 amide bonds. The van der Waals surface area contributed by atoms with Crippen LogP contribution in [0.25, 0.3) is 22.1 Å². The van der Waals surface area contributed by atoms with Crippen LogP contribution in [0, 0.1) is 5.82 Å². The molecule has 1 saturated carbocycles. The fraction of sp³-hybridized carbons (Fsp3) is 0.261. The molecule has 3 heterocycles. The Balaban J connectivity index is 1.51. The minimum atomic E-state index is -0.789. The molecule has 6 N–H and O–H groups in total. The Morgan fingerprint density at radius 1 is 1.12 bits per heavy atom. The van der Waals surface area contributed by atoms with Gasteiger partial charge in [0.05, 0.1) is 22.8 Å². The Kier molecular flexibility index (Phi) is 5.10. The quantitative estimate of drug-likeness (QED) is 0.373. The van der Waals surface area contributed by atoms with Gasteiger partial charge >= 0.3 is 0 Å². The summed E-state index contributed by atoms with van der Waals surface area (Å²) in [5, 5.41) is 7.89. The standard InChI is InChI=1S/C23H23FN6O2/c24-16-10-15(20(26)31)21(30-22(16)29-18-7-3-2-6-17(18)25)28-12-9-14-13-5-1-4-8-19(13)32-23(14)27-11-12/h1,4-5,8-11,17-18H,2-3,6-7,25H2,(H2,26,31)(H2,28,29,30)/t17-,18?/m0/s1. The molecule has 32 heavy (non-hydrogen) atoms. The lowest BCUT2D eigenvalue weighted by Crippen LogP contribution is -2.43. The van der Waals surface area contributed by atoms with Gasteiger partial charge in [-0.1, -0.05) is 31.0 Å². The van der Waals surface area contributed by atoms with Gasteiger partial charge in [-0.2, -0.15) is 0 Å². The third-order valence-corrected chi connectivity index (χ3v) is 5.88. The summed E-state index contributed by atoms with van der Waals surface area (Å²) in [5.41, 5.74) is 13.4. The molecule has 8 nitrogen and oxygen atoms in total. The van der Waals surface area contributed by atoms with E-state index in [0.29, 0.717) is 11.4 Å². The van der Waals surface area contributed by atoms with Crippen molar-refractivity contribution in [3.05, 3.63) is 54.0 Å². The van der Waals surface area contributed by atoms with Gasteiger partial charge in [-0.3, -0.25) is 4.79 Å². The molecule has 164 valence electrons. The fourth-order valence-corrected chi connectivity index (χ4v) is 4.20. The molecule has 1 aliphatic rings. The number of benzene rings is 1. The first-order valence-electron chi connectivity index (χ1n) is 10.6. The topological polar surface area (TPSA) is 132 Å². The highest BCUT2D eigenvalue weighted by Gasteiger charge is 2.24. The lowest BCUT2D eigenvalue weighted by atomic mass is 9.91. The van der Waals surface area contributed by atoms with Gasteiger partial charge in [-0.25, -0.2) is 14.4 Å². The molecule has 1 fully saturated rings. The zero-order valence-electron chi connectivity index (χ0n) is 17.3. The van der Waals surface area contributed by atoms with Crippen LogP contribution in [0.2, 0.25) is 0 Å². The first kappa shape index (κ1) is 20.2. The lowest BCUT2D eigenvalue weighted by molar-refractivity contribution is 0.100. The Labute approximate surface area is 183 Å². The van der Waals surface area contributed by atoms with Gasteiger partial charge in [0.25, 0.3) is 5.91 Å². The van der Waals surface area contributed by atoms with Crippen molar-refractivity contribution < 1.29 is 13.6 Å². The predicted octanol–water partition coefficient (Wildman–Crippen LogP) is 4.04. The molecule has 1 aliphatic carbocycles. The van der Waals surface area contributed by atoms with Crippen LogP contribution < -0.4 is 22.1 Å². The van der Waals surface area contributed by atoms with E-state index in [9.17, 15) is 9.18 Å². The second-order valence-corrected chi connectivity index (χ2v) is 8.08. The van der Waals surface area contributed by atoms with Gasteiger partial charge in [0.2, 0.25) is 5.71 Å². The van der Waals surface area contributed by atoms with Crippen molar-refractivity contribution in [3.8, 4) is 0 Å². The number of nitrogens with zero attached hydrogens (tertiary/aromatic N) is 2. The number of fused-ring (bicyclic) bond motifs is 3. The number of amides is 1. The number of nitrogens with two attached hydrogens (primary N) is 2. The van der Waals surface area contributed by atoms with Crippen molar-refractivity contribution in [2.75, 3.05) is 10.6 Å². The van der Waals surface area contributed by atoms with Crippen molar-refractivity contribution in [2.24, 2.45) is 11.5 Å². The number of primary amides is 1. The number of hydrogen-bond acceptors (Lipinski definition) is 7. The van der Waals surface area contributed by atoms with Crippen LogP contribution in [0.5, 0.6) is 0 Å². The number of carbonyl (C=O) groups excluding carboxylic acids is 1. The van der Waals surface area contributed by atoms with Crippen LogP contribution in [0.1, 0.15) is 36.0 Å². The summed E-state index contributed by atoms with van der Waals surface area (Å²) < 4.78 is 20.5. The van der Waals surface area contributed by atoms with Crippen LogP contribution in [0.15, 0.2) is 47.0 Å². The van der Waals surface area contributed by atoms with Crippen LogP contribution in [-0.4, -0.2) is 28.0 Å². The SMILES string of the molecule is NC(=O)c1cc(F)c(NC2CCCC[C@@H]2N)nc1Nc1cnc2oc3ccccc3c2c1. The average molecular weight is 434 g/mol. The van der Waals surface area contributed by atoms with E-state index in [0.717, 1.165) is 48.1 Å². The normalized spacial score (nSPS) is 18.7. The molecule has 5 rings (SSSR count). The third-order valence-electron chi connectivity index (χ3n) is 5.88. The summed E-state index contributed by atoms with van der Waals surface area (Å²) in [6.45, 7) is 0. The van der Waals surface area contributed by atoms with E-state index in [1.807, 2.05) is 30.3 Å². The number of rotatable bonds is 5. The Morgan fingerprint density at radius 3 is 2.75 bits per heavy atom. The summed E-state index contributed by atoms with van der Waals surface area (Å²) in [6.07, 6.45) is 5.33. The van der Waals surface area contributed by atoms with Crippen LogP contribution >= 0.6 is 0 Å². The van der Waals surface area contributed by atoms with Crippen molar-refractivity contribution in [1.29, 1.82) is 0 Å². The summed E-state index contributed by atoms with van der Waals surface area (Å²) >= 11 is 0. The predicted molar refractivity (Wildman–Crippen MR) is 121 cm³/mol. The van der Waals surface area contributed by atoms with E-state index in [1.165, 1.54) is 0 Å². The molecule has 0 spiro atoms. The number of para-hydroxylation sites is 1. The average Bonchev–Trinajstić information content (AvgIpc) is 3.15. The summed E-state index contributed by atoms with van der Waals surface area (Å²) in [5.74, 6) is -1.28. The number of furan rings is 1. The van der Waals surface area contributed by atoms with E-state index in [-0.39, 0.29) is 29.3 Å². The number of pyridine rings is 2. The maximum absolute atomic E-state index is 14.7. The molecule has 9 heteroatoms. The van der Waals surface area contributed by atoms with E-state index < -0.39 is 11.7 Å². The molecule has 0 bridgehead atoms. The van der Waals surface area contributed by atoms with Gasteiger partial charge < -0.3 is 26.5 Å². The zero-order valence-corrected chi connectivity index (χ0v) is 17.3. The van der Waals surface area contributed by atoms with Crippen molar-refractivity contribution >= 4 is 45.3 Å². The van der Waals surface area contributed by atoms with Crippen LogP contribution in [-0.2, 0) is 0 Å². The highest BCUT2D eigenvalue weighted by molar-refractivity contribution is 6.05. The van der Waals surface area contributed by atoms with Crippen LogP contribution in [0.3, 0.4) is 0 Å². The maximum atomic E-state index is 14.7. The molecular formula is C23H23FN6O2. The second kappa shape index (κ2) is 8.08. The Bertz CT molecular complexity index is 1320. The number of nitrogens with one attached hydrogen (secondary N) is 2. The number of aromatic nitrogens is 2. The van der Waals surface area contributed by atoms with Crippen LogP contribution in [0.4, 0.5) is 21.7 Å². The number of anilines is 3. The molecule has 0 aliphatic heterocycles. The Morgan fingerprint density at radius 2 is 1.94 bits per heavy atom. The highest BCUT2D eigenvalue weighted by atomic mass is 19.1.